The summed E-state index contributed by atoms with van der Waals surface area (Å²) in [6, 6.07) is 13.1. The van der Waals surface area contributed by atoms with E-state index in [4.69, 9.17) is 0 Å². The lowest BCUT2D eigenvalue weighted by molar-refractivity contribution is -0.384. The zero-order valence-electron chi connectivity index (χ0n) is 12.7. The van der Waals surface area contributed by atoms with E-state index in [2.05, 4.69) is 26.1 Å². The average molecular weight is 318 g/mol. The lowest BCUT2D eigenvalue weighted by atomic mass is 10.1. The first-order chi connectivity index (χ1) is 10.3. The SMILES string of the molecule is CC(C)(C)Nc1ccc([S+]([O-])c2ccc([N+](=O)[O-])cc2)cc1. The summed E-state index contributed by atoms with van der Waals surface area (Å²) in [5, 5.41) is 14.0. The van der Waals surface area contributed by atoms with Crippen LogP contribution in [0.5, 0.6) is 0 Å². The summed E-state index contributed by atoms with van der Waals surface area (Å²) >= 11 is -1.35. The second-order valence-corrected chi connectivity index (χ2v) is 7.40. The Bertz CT molecular complexity index is 649. The monoisotopic (exact) mass is 318 g/mol. The van der Waals surface area contributed by atoms with Crippen LogP contribution in [0, 0.1) is 10.1 Å². The van der Waals surface area contributed by atoms with Crippen LogP contribution >= 0.6 is 0 Å². The van der Waals surface area contributed by atoms with Crippen molar-refractivity contribution >= 4 is 22.6 Å². The van der Waals surface area contributed by atoms with Gasteiger partial charge in [0.05, 0.1) is 4.92 Å². The molecule has 2 aromatic rings. The second-order valence-electron chi connectivity index (χ2n) is 5.92. The van der Waals surface area contributed by atoms with Gasteiger partial charge in [-0.1, -0.05) is 0 Å². The molecule has 0 saturated carbocycles. The third kappa shape index (κ3) is 4.22. The van der Waals surface area contributed by atoms with Crippen molar-refractivity contribution < 1.29 is 9.48 Å². The fourth-order valence-corrected chi connectivity index (χ4v) is 2.96. The number of benzene rings is 2. The van der Waals surface area contributed by atoms with Crippen LogP contribution in [-0.2, 0) is 11.2 Å². The predicted octanol–water partition coefficient (Wildman–Crippen LogP) is 3.97. The van der Waals surface area contributed by atoms with E-state index in [1.165, 1.54) is 24.3 Å². The Morgan fingerprint density at radius 2 is 1.41 bits per heavy atom. The van der Waals surface area contributed by atoms with Crippen molar-refractivity contribution in [2.45, 2.75) is 36.1 Å². The predicted molar refractivity (Wildman–Crippen MR) is 87.6 cm³/mol. The van der Waals surface area contributed by atoms with Crippen molar-refractivity contribution in [3.8, 4) is 0 Å². The zero-order chi connectivity index (χ0) is 16.3. The number of hydrogen-bond donors (Lipinski definition) is 1. The highest BCUT2D eigenvalue weighted by Crippen LogP contribution is 2.25. The molecule has 0 amide bonds. The van der Waals surface area contributed by atoms with Crippen LogP contribution in [0.3, 0.4) is 0 Å². The van der Waals surface area contributed by atoms with Crippen molar-refractivity contribution in [3.63, 3.8) is 0 Å². The van der Waals surface area contributed by atoms with Crippen LogP contribution in [0.2, 0.25) is 0 Å². The number of nitro benzene ring substituents is 1. The van der Waals surface area contributed by atoms with Crippen molar-refractivity contribution in [2.24, 2.45) is 0 Å². The number of nitro groups is 1. The average Bonchev–Trinajstić information content (AvgIpc) is 2.46. The lowest BCUT2D eigenvalue weighted by Gasteiger charge is -2.22. The maximum atomic E-state index is 12.4. The summed E-state index contributed by atoms with van der Waals surface area (Å²) in [4.78, 5) is 11.4. The number of rotatable bonds is 4. The van der Waals surface area contributed by atoms with E-state index >= 15 is 0 Å². The third-order valence-corrected chi connectivity index (χ3v) is 4.25. The van der Waals surface area contributed by atoms with Gasteiger partial charge < -0.3 is 9.87 Å². The summed E-state index contributed by atoms with van der Waals surface area (Å²) in [6.07, 6.45) is 0. The molecule has 0 aliphatic heterocycles. The standard InChI is InChI=1S/C16H18N2O3S/c1-16(2,3)17-12-4-8-14(9-5-12)22(21)15-10-6-13(7-11-15)18(19)20/h4-11,17H,1-3H3. The van der Waals surface area contributed by atoms with Crippen LogP contribution < -0.4 is 5.32 Å². The number of anilines is 1. The quantitative estimate of drug-likeness (QED) is 0.525. The fourth-order valence-electron chi connectivity index (χ4n) is 1.92. The van der Waals surface area contributed by atoms with Gasteiger partial charge in [-0.3, -0.25) is 10.1 Å². The number of non-ortho nitro benzene ring substituents is 1. The molecule has 0 fully saturated rings. The Balaban J connectivity index is 2.15. The summed E-state index contributed by atoms with van der Waals surface area (Å²) in [7, 11) is 0. The highest BCUT2D eigenvalue weighted by molar-refractivity contribution is 7.91. The molecule has 6 heteroatoms. The Morgan fingerprint density at radius 1 is 0.955 bits per heavy atom. The van der Waals surface area contributed by atoms with Gasteiger partial charge in [0.25, 0.3) is 5.69 Å². The smallest absolute Gasteiger partial charge is 0.269 e. The molecule has 0 saturated heterocycles. The van der Waals surface area contributed by atoms with Crippen LogP contribution in [0.4, 0.5) is 11.4 Å². The van der Waals surface area contributed by atoms with Crippen molar-refractivity contribution in [3.05, 3.63) is 58.6 Å². The highest BCUT2D eigenvalue weighted by atomic mass is 32.2. The lowest BCUT2D eigenvalue weighted by Crippen LogP contribution is -2.25. The number of nitrogens with one attached hydrogen (secondary N) is 1. The fraction of sp³-hybridized carbons (Fsp3) is 0.250. The summed E-state index contributed by atoms with van der Waals surface area (Å²) in [5.41, 5.74) is 0.904. The maximum absolute atomic E-state index is 12.4. The molecule has 0 heterocycles. The molecule has 0 radical (unpaired) electrons. The van der Waals surface area contributed by atoms with E-state index in [-0.39, 0.29) is 11.2 Å². The Morgan fingerprint density at radius 3 is 1.82 bits per heavy atom. The molecule has 0 bridgehead atoms. The normalized spacial score (nSPS) is 12.7. The van der Waals surface area contributed by atoms with Gasteiger partial charge in [-0.15, -0.1) is 0 Å². The van der Waals surface area contributed by atoms with E-state index < -0.39 is 16.1 Å². The van der Waals surface area contributed by atoms with Crippen molar-refractivity contribution in [2.75, 3.05) is 5.32 Å². The van der Waals surface area contributed by atoms with Gasteiger partial charge in [-0.25, -0.2) is 0 Å². The van der Waals surface area contributed by atoms with Crippen molar-refractivity contribution in [1.82, 2.24) is 0 Å². The van der Waals surface area contributed by atoms with Crippen molar-refractivity contribution in [1.29, 1.82) is 0 Å². The van der Waals surface area contributed by atoms with E-state index in [0.717, 1.165) is 5.69 Å². The van der Waals surface area contributed by atoms with E-state index in [1.54, 1.807) is 12.1 Å². The molecule has 2 aromatic carbocycles. The van der Waals surface area contributed by atoms with Gasteiger partial charge in [0.2, 0.25) is 0 Å². The molecule has 0 aromatic heterocycles. The number of hydrogen-bond acceptors (Lipinski definition) is 4. The van der Waals surface area contributed by atoms with E-state index in [0.29, 0.717) is 9.79 Å². The first-order valence-electron chi connectivity index (χ1n) is 6.81. The molecule has 22 heavy (non-hydrogen) atoms. The molecule has 2 rings (SSSR count). The molecular weight excluding hydrogens is 300 g/mol. The molecule has 0 aliphatic carbocycles. The van der Waals surface area contributed by atoms with Crippen LogP contribution in [0.25, 0.3) is 0 Å². The largest absolute Gasteiger partial charge is 0.606 e. The molecule has 0 aliphatic rings. The first kappa shape index (κ1) is 16.3. The maximum Gasteiger partial charge on any atom is 0.269 e. The topological polar surface area (TPSA) is 78.2 Å². The minimum absolute atomic E-state index is 0.00882. The molecule has 116 valence electrons. The molecule has 1 atom stereocenters. The number of nitrogens with zero attached hydrogens (tertiary/aromatic N) is 1. The Kier molecular flexibility index (Phi) is 4.73. The molecule has 1 unspecified atom stereocenters. The Labute approximate surface area is 132 Å². The minimum atomic E-state index is -1.35. The zero-order valence-corrected chi connectivity index (χ0v) is 13.5. The third-order valence-electron chi connectivity index (χ3n) is 2.85. The van der Waals surface area contributed by atoms with Gasteiger partial charge in [0, 0.05) is 46.7 Å². The molecular formula is C16H18N2O3S. The van der Waals surface area contributed by atoms with E-state index in [1.807, 2.05) is 12.1 Å². The summed E-state index contributed by atoms with van der Waals surface area (Å²) < 4.78 is 12.4. The highest BCUT2D eigenvalue weighted by Gasteiger charge is 2.17. The Hall–Kier alpha value is -2.05. The van der Waals surface area contributed by atoms with Gasteiger partial charge in [-0.2, -0.15) is 0 Å². The summed E-state index contributed by atoms with van der Waals surface area (Å²) in [5.74, 6) is 0. The van der Waals surface area contributed by atoms with Gasteiger partial charge in [0.1, 0.15) is 0 Å². The minimum Gasteiger partial charge on any atom is -0.606 e. The van der Waals surface area contributed by atoms with Gasteiger partial charge in [0.15, 0.2) is 9.79 Å². The van der Waals surface area contributed by atoms with E-state index in [9.17, 15) is 14.7 Å². The van der Waals surface area contributed by atoms with Gasteiger partial charge in [-0.05, 0) is 45.0 Å². The second kappa shape index (κ2) is 6.37. The molecule has 0 spiro atoms. The summed E-state index contributed by atoms with van der Waals surface area (Å²) in [6.45, 7) is 6.20. The first-order valence-corrected chi connectivity index (χ1v) is 7.96. The van der Waals surface area contributed by atoms with Gasteiger partial charge >= 0.3 is 0 Å². The molecule has 5 nitrogen and oxygen atoms in total. The van der Waals surface area contributed by atoms with Crippen LogP contribution in [0.15, 0.2) is 58.3 Å². The van der Waals surface area contributed by atoms with Crippen LogP contribution in [-0.4, -0.2) is 15.0 Å². The van der Waals surface area contributed by atoms with Crippen LogP contribution in [0.1, 0.15) is 20.8 Å². The molecule has 1 N–H and O–H groups in total.